The summed E-state index contributed by atoms with van der Waals surface area (Å²) in [6.45, 7) is 1.34. The van der Waals surface area contributed by atoms with Crippen molar-refractivity contribution in [2.45, 2.75) is 25.7 Å². The van der Waals surface area contributed by atoms with E-state index in [1.165, 1.54) is 12.1 Å². The minimum atomic E-state index is -1.26. The Balaban J connectivity index is 1.54. The predicted octanol–water partition coefficient (Wildman–Crippen LogP) is 3.56. The van der Waals surface area contributed by atoms with Gasteiger partial charge in [0.15, 0.2) is 0 Å². The number of rotatable bonds is 7. The van der Waals surface area contributed by atoms with Crippen LogP contribution in [0.2, 0.25) is 0 Å². The van der Waals surface area contributed by atoms with Gasteiger partial charge in [0.2, 0.25) is 5.91 Å². The molecule has 2 aromatic rings. The van der Waals surface area contributed by atoms with Crippen LogP contribution in [-0.2, 0) is 17.6 Å². The van der Waals surface area contributed by atoms with E-state index < -0.39 is 11.8 Å². The molecule has 0 aromatic heterocycles. The lowest BCUT2D eigenvalue weighted by Gasteiger charge is -2.17. The van der Waals surface area contributed by atoms with Crippen LogP contribution in [0.15, 0.2) is 42.5 Å². The van der Waals surface area contributed by atoms with Gasteiger partial charge < -0.3 is 14.7 Å². The lowest BCUT2D eigenvalue weighted by atomic mass is 9.97. The molecule has 28 heavy (non-hydrogen) atoms. The summed E-state index contributed by atoms with van der Waals surface area (Å²) < 4.78 is 18.9. The van der Waals surface area contributed by atoms with Crippen molar-refractivity contribution in [1.29, 1.82) is 0 Å². The first-order chi connectivity index (χ1) is 13.5. The molecule has 1 aliphatic rings. The molecular formula is C22H24FNO4. The monoisotopic (exact) mass is 385 g/mol. The molecule has 6 heteroatoms. The number of ether oxygens (including phenoxy) is 1. The molecule has 3 rings (SSSR count). The van der Waals surface area contributed by atoms with Crippen LogP contribution in [-0.4, -0.2) is 42.1 Å². The van der Waals surface area contributed by atoms with Gasteiger partial charge in [-0.15, -0.1) is 0 Å². The van der Waals surface area contributed by atoms with Crippen molar-refractivity contribution in [3.05, 3.63) is 65.0 Å². The van der Waals surface area contributed by atoms with Crippen molar-refractivity contribution in [1.82, 2.24) is 4.90 Å². The van der Waals surface area contributed by atoms with Gasteiger partial charge in [0.25, 0.3) is 0 Å². The lowest BCUT2D eigenvalue weighted by Crippen LogP contribution is -2.29. The molecular weight excluding hydrogens is 361 g/mol. The molecule has 0 radical (unpaired) electrons. The van der Waals surface area contributed by atoms with Crippen molar-refractivity contribution < 1.29 is 23.8 Å². The Bertz CT molecular complexity index is 867. The number of benzene rings is 2. The van der Waals surface area contributed by atoms with E-state index in [1.54, 1.807) is 13.2 Å². The van der Waals surface area contributed by atoms with Gasteiger partial charge in [0, 0.05) is 19.5 Å². The van der Waals surface area contributed by atoms with E-state index >= 15 is 0 Å². The smallest absolute Gasteiger partial charge is 0.338 e. The summed E-state index contributed by atoms with van der Waals surface area (Å²) in [5.74, 6) is -0.837. The summed E-state index contributed by atoms with van der Waals surface area (Å²) in [6, 6.07) is 11.9. The maximum absolute atomic E-state index is 13.5. The number of carbonyl (C=O) groups is 2. The molecule has 1 heterocycles. The maximum atomic E-state index is 13.5. The molecule has 0 spiro atoms. The topological polar surface area (TPSA) is 66.8 Å². The van der Waals surface area contributed by atoms with E-state index in [0.29, 0.717) is 32.4 Å². The van der Waals surface area contributed by atoms with Crippen LogP contribution >= 0.6 is 0 Å². The van der Waals surface area contributed by atoms with Gasteiger partial charge in [-0.25, -0.2) is 9.18 Å². The number of halogens is 1. The van der Waals surface area contributed by atoms with Crippen LogP contribution in [0.1, 0.15) is 34.3 Å². The van der Waals surface area contributed by atoms with Crippen LogP contribution in [0, 0.1) is 11.7 Å². The van der Waals surface area contributed by atoms with Crippen molar-refractivity contribution in [2.75, 3.05) is 20.2 Å². The molecule has 2 aromatic carbocycles. The number of carboxylic acids is 1. The number of aryl methyl sites for hydroxylation is 1. The van der Waals surface area contributed by atoms with Gasteiger partial charge in [0.1, 0.15) is 11.6 Å². The number of carboxylic acid groups (broad SMARTS) is 1. The highest BCUT2D eigenvalue weighted by Crippen LogP contribution is 2.24. The van der Waals surface area contributed by atoms with Gasteiger partial charge in [0.05, 0.1) is 12.7 Å². The largest absolute Gasteiger partial charge is 0.496 e. The standard InChI is InChI=1S/C22H24FNO4/c1-28-20-5-3-2-4-17(20)7-9-21(25)24-11-10-16(14-24)12-15-6-8-19(23)18(13-15)22(26)27/h2-6,8,13,16H,7,9-12,14H2,1H3,(H,26,27). The minimum Gasteiger partial charge on any atom is -0.496 e. The molecule has 0 aliphatic carbocycles. The summed E-state index contributed by atoms with van der Waals surface area (Å²) in [4.78, 5) is 25.5. The molecule has 148 valence electrons. The van der Waals surface area contributed by atoms with Crippen LogP contribution < -0.4 is 4.74 Å². The van der Waals surface area contributed by atoms with Gasteiger partial charge >= 0.3 is 5.97 Å². The van der Waals surface area contributed by atoms with Crippen LogP contribution in [0.5, 0.6) is 5.75 Å². The lowest BCUT2D eigenvalue weighted by molar-refractivity contribution is -0.130. The Hall–Kier alpha value is -2.89. The number of likely N-dealkylation sites (tertiary alicyclic amines) is 1. The third kappa shape index (κ3) is 4.68. The number of methoxy groups -OCH3 is 1. The Morgan fingerprint density at radius 3 is 2.79 bits per heavy atom. The zero-order chi connectivity index (χ0) is 20.1. The van der Waals surface area contributed by atoms with E-state index in [1.807, 2.05) is 29.2 Å². The van der Waals surface area contributed by atoms with Crippen molar-refractivity contribution in [3.63, 3.8) is 0 Å². The van der Waals surface area contributed by atoms with E-state index in [0.717, 1.165) is 23.3 Å². The number of para-hydroxylation sites is 1. The van der Waals surface area contributed by atoms with Crippen molar-refractivity contribution in [2.24, 2.45) is 5.92 Å². The van der Waals surface area contributed by atoms with Crippen LogP contribution in [0.3, 0.4) is 0 Å². The average molecular weight is 385 g/mol. The maximum Gasteiger partial charge on any atom is 0.338 e. The van der Waals surface area contributed by atoms with Gasteiger partial charge in [-0.05, 0) is 54.5 Å². The highest BCUT2D eigenvalue weighted by atomic mass is 19.1. The van der Waals surface area contributed by atoms with E-state index in [9.17, 15) is 14.0 Å². The second-order valence-corrected chi connectivity index (χ2v) is 7.13. The quantitative estimate of drug-likeness (QED) is 0.791. The SMILES string of the molecule is COc1ccccc1CCC(=O)N1CCC(Cc2ccc(F)c(C(=O)O)c2)C1. The minimum absolute atomic E-state index is 0.110. The van der Waals surface area contributed by atoms with Crippen molar-refractivity contribution in [3.8, 4) is 5.75 Å². The second-order valence-electron chi connectivity index (χ2n) is 7.13. The number of hydrogen-bond donors (Lipinski definition) is 1. The average Bonchev–Trinajstić information content (AvgIpc) is 3.16. The third-order valence-corrected chi connectivity index (χ3v) is 5.22. The molecule has 1 saturated heterocycles. The Morgan fingerprint density at radius 1 is 1.25 bits per heavy atom. The predicted molar refractivity (Wildman–Crippen MR) is 103 cm³/mol. The molecule has 1 fully saturated rings. The van der Waals surface area contributed by atoms with E-state index in [4.69, 9.17) is 9.84 Å². The molecule has 1 atom stereocenters. The van der Waals surface area contributed by atoms with Crippen LogP contribution in [0.25, 0.3) is 0 Å². The van der Waals surface area contributed by atoms with Gasteiger partial charge in [-0.2, -0.15) is 0 Å². The molecule has 1 amide bonds. The Morgan fingerprint density at radius 2 is 2.04 bits per heavy atom. The van der Waals surface area contributed by atoms with Crippen molar-refractivity contribution >= 4 is 11.9 Å². The first-order valence-corrected chi connectivity index (χ1v) is 9.39. The number of hydrogen-bond acceptors (Lipinski definition) is 3. The summed E-state index contributed by atoms with van der Waals surface area (Å²) in [5.41, 5.74) is 1.49. The number of carbonyl (C=O) groups excluding carboxylic acids is 1. The van der Waals surface area contributed by atoms with E-state index in [2.05, 4.69) is 0 Å². The summed E-state index contributed by atoms with van der Waals surface area (Å²) in [5, 5.41) is 9.05. The second kappa shape index (κ2) is 8.87. The first-order valence-electron chi connectivity index (χ1n) is 9.39. The Kier molecular flexibility index (Phi) is 6.29. The third-order valence-electron chi connectivity index (χ3n) is 5.22. The zero-order valence-corrected chi connectivity index (χ0v) is 15.9. The number of nitrogens with zero attached hydrogens (tertiary/aromatic N) is 1. The summed E-state index contributed by atoms with van der Waals surface area (Å²) in [7, 11) is 1.62. The molecule has 5 nitrogen and oxygen atoms in total. The molecule has 0 saturated carbocycles. The summed E-state index contributed by atoms with van der Waals surface area (Å²) >= 11 is 0. The zero-order valence-electron chi connectivity index (χ0n) is 15.9. The first kappa shape index (κ1) is 19.9. The highest BCUT2D eigenvalue weighted by Gasteiger charge is 2.26. The fourth-order valence-corrected chi connectivity index (χ4v) is 3.73. The fourth-order valence-electron chi connectivity index (χ4n) is 3.73. The molecule has 0 bridgehead atoms. The Labute approximate surface area is 163 Å². The number of amides is 1. The number of aromatic carboxylic acids is 1. The van der Waals surface area contributed by atoms with Crippen LogP contribution in [0.4, 0.5) is 4.39 Å². The fraction of sp³-hybridized carbons (Fsp3) is 0.364. The molecule has 1 unspecified atom stereocenters. The molecule has 1 aliphatic heterocycles. The van der Waals surface area contributed by atoms with Gasteiger partial charge in [-0.1, -0.05) is 24.3 Å². The molecule has 1 N–H and O–H groups in total. The van der Waals surface area contributed by atoms with E-state index in [-0.39, 0.29) is 17.4 Å². The van der Waals surface area contributed by atoms with Gasteiger partial charge in [-0.3, -0.25) is 4.79 Å². The summed E-state index contributed by atoms with van der Waals surface area (Å²) in [6.07, 6.45) is 2.55. The normalized spacial score (nSPS) is 16.2. The highest BCUT2D eigenvalue weighted by molar-refractivity contribution is 5.88.